The van der Waals surface area contributed by atoms with E-state index in [-0.39, 0.29) is 0 Å². The van der Waals surface area contributed by atoms with Gasteiger partial charge in [0.05, 0.1) is 13.2 Å². The van der Waals surface area contributed by atoms with Crippen LogP contribution < -0.4 is 15.8 Å². The average molecular weight is 312 g/mol. The number of rotatable bonds is 6. The Balaban J connectivity index is 2.04. The first-order valence-corrected chi connectivity index (χ1v) is 7.80. The van der Waals surface area contributed by atoms with Gasteiger partial charge in [-0.15, -0.1) is 0 Å². The van der Waals surface area contributed by atoms with Gasteiger partial charge >= 0.3 is 0 Å². The molecule has 0 spiro atoms. The molecule has 0 radical (unpaired) electrons. The van der Waals surface area contributed by atoms with E-state index in [0.29, 0.717) is 25.0 Å². The predicted octanol–water partition coefficient (Wildman–Crippen LogP) is 3.41. The summed E-state index contributed by atoms with van der Waals surface area (Å²) in [4.78, 5) is 8.63. The van der Waals surface area contributed by atoms with E-state index < -0.39 is 0 Å². The van der Waals surface area contributed by atoms with Gasteiger partial charge in [-0.2, -0.15) is 0 Å². The van der Waals surface area contributed by atoms with Crippen molar-refractivity contribution in [3.8, 4) is 5.88 Å². The van der Waals surface area contributed by atoms with Crippen LogP contribution >= 0.6 is 0 Å². The van der Waals surface area contributed by atoms with E-state index in [1.165, 1.54) is 11.1 Å². The van der Waals surface area contributed by atoms with Crippen LogP contribution in [0.25, 0.3) is 0 Å². The second kappa shape index (κ2) is 8.17. The molecule has 2 rings (SSSR count). The smallest absolute Gasteiger partial charge is 0.218 e. The van der Waals surface area contributed by atoms with Gasteiger partial charge in [-0.25, -0.2) is 9.98 Å². The Kier molecular flexibility index (Phi) is 5.97. The van der Waals surface area contributed by atoms with Crippen LogP contribution in [0.2, 0.25) is 0 Å². The van der Waals surface area contributed by atoms with Crippen molar-refractivity contribution in [1.82, 2.24) is 4.98 Å². The predicted molar refractivity (Wildman–Crippen MR) is 94.9 cm³/mol. The van der Waals surface area contributed by atoms with Gasteiger partial charge in [-0.05, 0) is 49.6 Å². The van der Waals surface area contributed by atoms with E-state index in [1.807, 2.05) is 24.3 Å². The van der Waals surface area contributed by atoms with Gasteiger partial charge in [0.1, 0.15) is 0 Å². The molecule has 0 bridgehead atoms. The Morgan fingerprint density at radius 3 is 2.70 bits per heavy atom. The van der Waals surface area contributed by atoms with Gasteiger partial charge in [0.15, 0.2) is 5.96 Å². The number of nitrogens with zero attached hydrogens (tertiary/aromatic N) is 2. The van der Waals surface area contributed by atoms with Crippen molar-refractivity contribution in [3.63, 3.8) is 0 Å². The van der Waals surface area contributed by atoms with Crippen LogP contribution in [0.3, 0.4) is 0 Å². The van der Waals surface area contributed by atoms with E-state index in [4.69, 9.17) is 10.5 Å². The third-order valence-electron chi connectivity index (χ3n) is 3.21. The molecule has 0 fully saturated rings. The van der Waals surface area contributed by atoms with Crippen LogP contribution in [0.5, 0.6) is 5.88 Å². The lowest BCUT2D eigenvalue weighted by atomic mass is 10.1. The lowest BCUT2D eigenvalue weighted by Crippen LogP contribution is -2.22. The third kappa shape index (κ3) is 5.29. The van der Waals surface area contributed by atoms with Crippen LogP contribution in [0.15, 0.2) is 41.5 Å². The number of pyridine rings is 1. The zero-order chi connectivity index (χ0) is 16.7. The molecular formula is C18H24N4O. The Morgan fingerprint density at radius 1 is 1.26 bits per heavy atom. The number of hydrogen-bond donors (Lipinski definition) is 2. The summed E-state index contributed by atoms with van der Waals surface area (Å²) >= 11 is 0. The second-order valence-electron chi connectivity index (χ2n) is 5.52. The van der Waals surface area contributed by atoms with E-state index in [1.54, 1.807) is 6.20 Å². The maximum absolute atomic E-state index is 5.98. The first kappa shape index (κ1) is 16.8. The van der Waals surface area contributed by atoms with Crippen molar-refractivity contribution in [3.05, 3.63) is 53.2 Å². The summed E-state index contributed by atoms with van der Waals surface area (Å²) in [6.45, 7) is 7.24. The van der Waals surface area contributed by atoms with Gasteiger partial charge in [0.25, 0.3) is 0 Å². The molecule has 5 nitrogen and oxygen atoms in total. The molecule has 0 atom stereocenters. The third-order valence-corrected chi connectivity index (χ3v) is 3.21. The van der Waals surface area contributed by atoms with E-state index >= 15 is 0 Å². The molecular weight excluding hydrogens is 288 g/mol. The summed E-state index contributed by atoms with van der Waals surface area (Å²) in [5.74, 6) is 0.998. The normalized spacial score (nSPS) is 11.3. The van der Waals surface area contributed by atoms with Crippen molar-refractivity contribution in [1.29, 1.82) is 0 Å². The second-order valence-corrected chi connectivity index (χ2v) is 5.52. The number of aromatic nitrogens is 1. The molecule has 0 aliphatic heterocycles. The molecule has 1 heterocycles. The highest BCUT2D eigenvalue weighted by Gasteiger charge is 2.04. The Bertz CT molecular complexity index is 662. The first-order chi connectivity index (χ1) is 11.1. The minimum Gasteiger partial charge on any atom is -0.477 e. The van der Waals surface area contributed by atoms with Crippen LogP contribution in [-0.2, 0) is 6.54 Å². The van der Waals surface area contributed by atoms with E-state index in [0.717, 1.165) is 17.7 Å². The fraction of sp³-hybridized carbons (Fsp3) is 0.333. The number of aliphatic imine (C=N–C) groups is 1. The minimum absolute atomic E-state index is 0.375. The molecule has 0 saturated heterocycles. The van der Waals surface area contributed by atoms with Crippen molar-refractivity contribution in [2.45, 2.75) is 33.7 Å². The van der Waals surface area contributed by atoms with Gasteiger partial charge in [0, 0.05) is 17.4 Å². The summed E-state index contributed by atoms with van der Waals surface area (Å²) < 4.78 is 5.63. The number of aryl methyl sites for hydroxylation is 2. The van der Waals surface area contributed by atoms with Gasteiger partial charge < -0.3 is 15.8 Å². The van der Waals surface area contributed by atoms with Crippen LogP contribution in [0, 0.1) is 13.8 Å². The van der Waals surface area contributed by atoms with Crippen molar-refractivity contribution in [2.24, 2.45) is 10.7 Å². The Labute approximate surface area is 137 Å². The van der Waals surface area contributed by atoms with Crippen molar-refractivity contribution >= 4 is 11.6 Å². The fourth-order valence-electron chi connectivity index (χ4n) is 2.28. The number of nitrogens with two attached hydrogens (primary N) is 1. The highest BCUT2D eigenvalue weighted by molar-refractivity contribution is 5.92. The monoisotopic (exact) mass is 312 g/mol. The van der Waals surface area contributed by atoms with Crippen molar-refractivity contribution in [2.75, 3.05) is 11.9 Å². The van der Waals surface area contributed by atoms with Crippen LogP contribution in [0.4, 0.5) is 5.69 Å². The average Bonchev–Trinajstić information content (AvgIpc) is 2.50. The number of guanidine groups is 1. The summed E-state index contributed by atoms with van der Waals surface area (Å²) in [7, 11) is 0. The SMILES string of the molecule is CCCOc1ncccc1CN=C(N)Nc1cc(C)cc(C)c1. The number of ether oxygens (including phenoxy) is 1. The largest absolute Gasteiger partial charge is 0.477 e. The topological polar surface area (TPSA) is 72.5 Å². The number of hydrogen-bond acceptors (Lipinski definition) is 3. The molecule has 3 N–H and O–H groups in total. The van der Waals surface area contributed by atoms with Gasteiger partial charge in [-0.1, -0.05) is 19.1 Å². The maximum Gasteiger partial charge on any atom is 0.218 e. The highest BCUT2D eigenvalue weighted by atomic mass is 16.5. The molecule has 122 valence electrons. The molecule has 0 amide bonds. The van der Waals surface area contributed by atoms with Crippen molar-refractivity contribution < 1.29 is 4.74 Å². The Morgan fingerprint density at radius 2 is 2.00 bits per heavy atom. The Hall–Kier alpha value is -2.56. The quantitative estimate of drug-likeness (QED) is 0.633. The minimum atomic E-state index is 0.375. The highest BCUT2D eigenvalue weighted by Crippen LogP contribution is 2.16. The molecule has 0 unspecified atom stereocenters. The lowest BCUT2D eigenvalue weighted by molar-refractivity contribution is 0.302. The van der Waals surface area contributed by atoms with Crippen LogP contribution in [-0.4, -0.2) is 17.6 Å². The van der Waals surface area contributed by atoms with Crippen LogP contribution in [0.1, 0.15) is 30.0 Å². The van der Waals surface area contributed by atoms with E-state index in [9.17, 15) is 0 Å². The molecule has 1 aromatic heterocycles. The molecule has 0 saturated carbocycles. The zero-order valence-corrected chi connectivity index (χ0v) is 14.0. The van der Waals surface area contributed by atoms with E-state index in [2.05, 4.69) is 42.1 Å². The molecule has 0 aliphatic carbocycles. The summed E-state index contributed by atoms with van der Waals surface area (Å²) in [5.41, 5.74) is 10.2. The molecule has 5 heteroatoms. The van der Waals surface area contributed by atoms with Gasteiger partial charge in [0.2, 0.25) is 5.88 Å². The first-order valence-electron chi connectivity index (χ1n) is 7.80. The lowest BCUT2D eigenvalue weighted by Gasteiger charge is -2.10. The summed E-state index contributed by atoms with van der Waals surface area (Å²) in [6, 6.07) is 10.0. The standard InChI is InChI=1S/C18H24N4O/c1-4-8-23-17-15(6-5-7-20-17)12-21-18(19)22-16-10-13(2)9-14(3)11-16/h5-7,9-11H,4,8,12H2,1-3H3,(H3,19,21,22). The number of nitrogens with one attached hydrogen (secondary N) is 1. The number of benzene rings is 1. The molecule has 0 aliphatic rings. The number of anilines is 1. The fourth-order valence-corrected chi connectivity index (χ4v) is 2.28. The molecule has 23 heavy (non-hydrogen) atoms. The summed E-state index contributed by atoms with van der Waals surface area (Å²) in [5, 5.41) is 3.12. The molecule has 1 aromatic carbocycles. The maximum atomic E-state index is 5.98. The van der Waals surface area contributed by atoms with Gasteiger partial charge in [-0.3, -0.25) is 0 Å². The summed E-state index contributed by atoms with van der Waals surface area (Å²) in [6.07, 6.45) is 2.66. The molecule has 2 aromatic rings. The zero-order valence-electron chi connectivity index (χ0n) is 14.0.